The smallest absolute Gasteiger partial charge is 0.416 e. The molecule has 1 heterocycles. The molecule has 2 aliphatic rings. The maximum atomic E-state index is 12.8. The van der Waals surface area contributed by atoms with Crippen molar-refractivity contribution in [2.24, 2.45) is 11.3 Å². The summed E-state index contributed by atoms with van der Waals surface area (Å²) in [6.07, 6.45) is -6.75. The van der Waals surface area contributed by atoms with Gasteiger partial charge in [0.2, 0.25) is 0 Å². The average molecular weight is 416 g/mol. The van der Waals surface area contributed by atoms with E-state index in [2.05, 4.69) is 0 Å². The maximum absolute atomic E-state index is 12.8. The number of halogens is 3. The van der Waals surface area contributed by atoms with E-state index >= 15 is 0 Å². The fourth-order valence-electron chi connectivity index (χ4n) is 4.20. The van der Waals surface area contributed by atoms with E-state index in [4.69, 9.17) is 14.2 Å². The molecule has 1 aromatic carbocycles. The number of ether oxygens (including phenoxy) is 3. The molecule has 0 aromatic heterocycles. The highest BCUT2D eigenvalue weighted by molar-refractivity contribution is 6.04. The van der Waals surface area contributed by atoms with Crippen LogP contribution >= 0.6 is 0 Å². The van der Waals surface area contributed by atoms with Crippen LogP contribution in [0.5, 0.6) is 0 Å². The van der Waals surface area contributed by atoms with Gasteiger partial charge in [-0.3, -0.25) is 14.4 Å². The predicted molar refractivity (Wildman–Crippen MR) is 89.0 cm³/mol. The van der Waals surface area contributed by atoms with Crippen molar-refractivity contribution in [3.05, 3.63) is 35.4 Å². The van der Waals surface area contributed by atoms with Crippen LogP contribution in [0.25, 0.3) is 0 Å². The summed E-state index contributed by atoms with van der Waals surface area (Å²) >= 11 is 0. The number of esters is 3. The van der Waals surface area contributed by atoms with Crippen LogP contribution in [0.4, 0.5) is 13.2 Å². The minimum absolute atomic E-state index is 0.0594. The third-order valence-electron chi connectivity index (χ3n) is 5.55. The van der Waals surface area contributed by atoms with Crippen molar-refractivity contribution in [2.45, 2.75) is 37.6 Å². The zero-order valence-electron chi connectivity index (χ0n) is 15.6. The van der Waals surface area contributed by atoms with E-state index in [0.29, 0.717) is 0 Å². The largest absolute Gasteiger partial charge is 0.468 e. The third-order valence-corrected chi connectivity index (χ3v) is 5.55. The molecule has 1 saturated carbocycles. The number of rotatable bonds is 4. The van der Waals surface area contributed by atoms with Crippen LogP contribution in [-0.2, 0) is 34.8 Å². The SMILES string of the molecule is CCOC(=O)C1C[C@]2(C(=O)OC)C(=O)O[C@H](c3ccc(C(F)(F)F)cc3)[C@]2(O)C1. The van der Waals surface area contributed by atoms with Gasteiger partial charge in [-0.15, -0.1) is 0 Å². The Balaban J connectivity index is 2.04. The minimum atomic E-state index is -4.57. The van der Waals surface area contributed by atoms with Crippen molar-refractivity contribution >= 4 is 17.9 Å². The van der Waals surface area contributed by atoms with Crippen LogP contribution in [0, 0.1) is 11.3 Å². The van der Waals surface area contributed by atoms with Gasteiger partial charge in [-0.1, -0.05) is 12.1 Å². The van der Waals surface area contributed by atoms with Gasteiger partial charge in [0.05, 0.1) is 25.2 Å². The first-order chi connectivity index (χ1) is 13.5. The Hall–Kier alpha value is -2.62. The summed E-state index contributed by atoms with van der Waals surface area (Å²) in [6, 6.07) is 3.68. The molecule has 29 heavy (non-hydrogen) atoms. The van der Waals surface area contributed by atoms with Gasteiger partial charge in [-0.25, -0.2) is 0 Å². The normalized spacial score (nSPS) is 31.2. The van der Waals surface area contributed by atoms with Gasteiger partial charge in [0.15, 0.2) is 11.5 Å². The standard InChI is InChI=1S/C19H19F3O7/c1-3-28-14(23)11-8-17(15(24)27-2)16(25)29-13(18(17,26)9-11)10-4-6-12(7-5-10)19(20,21)22/h4-7,11,13,26H,3,8-9H2,1-2H3/t11?,13-,17+,18-/m1/s1. The van der Waals surface area contributed by atoms with Gasteiger partial charge in [0.1, 0.15) is 5.60 Å². The van der Waals surface area contributed by atoms with E-state index in [1.807, 2.05) is 0 Å². The number of carbonyl (C=O) groups excluding carboxylic acids is 3. The lowest BCUT2D eigenvalue weighted by Crippen LogP contribution is -2.51. The summed E-state index contributed by atoms with van der Waals surface area (Å²) in [5, 5.41) is 11.4. The van der Waals surface area contributed by atoms with Crippen molar-refractivity contribution in [1.82, 2.24) is 0 Å². The molecule has 1 aromatic rings. The monoisotopic (exact) mass is 416 g/mol. The Labute approximate surface area is 163 Å². The topological polar surface area (TPSA) is 99.1 Å². The second kappa shape index (κ2) is 7.01. The van der Waals surface area contributed by atoms with Gasteiger partial charge < -0.3 is 19.3 Å². The van der Waals surface area contributed by atoms with Crippen molar-refractivity contribution < 1.29 is 46.9 Å². The number of methoxy groups -OCH3 is 1. The van der Waals surface area contributed by atoms with E-state index < -0.39 is 52.7 Å². The lowest BCUT2D eigenvalue weighted by atomic mass is 9.72. The van der Waals surface area contributed by atoms with E-state index in [-0.39, 0.29) is 25.0 Å². The van der Waals surface area contributed by atoms with E-state index in [0.717, 1.165) is 31.4 Å². The fraction of sp³-hybridized carbons (Fsp3) is 0.526. The molecule has 0 amide bonds. The summed E-state index contributed by atoms with van der Waals surface area (Å²) in [4.78, 5) is 37.5. The van der Waals surface area contributed by atoms with Gasteiger partial charge in [0, 0.05) is 0 Å². The van der Waals surface area contributed by atoms with Gasteiger partial charge in [-0.2, -0.15) is 13.2 Å². The molecule has 0 bridgehead atoms. The highest BCUT2D eigenvalue weighted by Gasteiger charge is 2.77. The Kier molecular flexibility index (Phi) is 5.10. The maximum Gasteiger partial charge on any atom is 0.416 e. The van der Waals surface area contributed by atoms with Crippen LogP contribution in [0.2, 0.25) is 0 Å². The molecule has 1 aliphatic heterocycles. The Morgan fingerprint density at radius 2 is 1.86 bits per heavy atom. The summed E-state index contributed by atoms with van der Waals surface area (Å²) in [6.45, 7) is 1.64. The number of hydrogen-bond acceptors (Lipinski definition) is 7. The first kappa shape index (κ1) is 21.1. The molecule has 2 fully saturated rings. The van der Waals surface area contributed by atoms with Crippen LogP contribution < -0.4 is 0 Å². The quantitative estimate of drug-likeness (QED) is 0.456. The second-order valence-corrected chi connectivity index (χ2v) is 7.08. The van der Waals surface area contributed by atoms with Crippen molar-refractivity contribution in [1.29, 1.82) is 0 Å². The van der Waals surface area contributed by atoms with Crippen LogP contribution in [-0.4, -0.2) is 42.3 Å². The Bertz CT molecular complexity index is 835. The van der Waals surface area contributed by atoms with Gasteiger partial charge in [-0.05, 0) is 37.5 Å². The molecule has 4 atom stereocenters. The molecular formula is C19H19F3O7. The molecular weight excluding hydrogens is 397 g/mol. The second-order valence-electron chi connectivity index (χ2n) is 7.08. The summed E-state index contributed by atoms with van der Waals surface area (Å²) < 4.78 is 53.4. The van der Waals surface area contributed by atoms with Gasteiger partial charge >= 0.3 is 24.1 Å². The summed E-state index contributed by atoms with van der Waals surface area (Å²) in [5.74, 6) is -3.85. The molecule has 1 unspecified atom stereocenters. The van der Waals surface area contributed by atoms with E-state index in [1.165, 1.54) is 0 Å². The lowest BCUT2D eigenvalue weighted by molar-refractivity contribution is -0.169. The predicted octanol–water partition coefficient (Wildman–Crippen LogP) is 2.17. The number of alkyl halides is 3. The number of fused-ring (bicyclic) bond motifs is 1. The van der Waals surface area contributed by atoms with Crippen LogP contribution in [0.15, 0.2) is 24.3 Å². The number of aliphatic hydroxyl groups is 1. The van der Waals surface area contributed by atoms with Crippen molar-refractivity contribution in [3.8, 4) is 0 Å². The zero-order valence-corrected chi connectivity index (χ0v) is 15.6. The van der Waals surface area contributed by atoms with Crippen molar-refractivity contribution in [3.63, 3.8) is 0 Å². The highest BCUT2D eigenvalue weighted by atomic mass is 19.4. The van der Waals surface area contributed by atoms with Crippen molar-refractivity contribution in [2.75, 3.05) is 13.7 Å². The van der Waals surface area contributed by atoms with E-state index in [9.17, 15) is 32.7 Å². The number of cyclic esters (lactones) is 1. The molecule has 1 aliphatic carbocycles. The number of hydrogen-bond donors (Lipinski definition) is 1. The molecule has 0 spiro atoms. The van der Waals surface area contributed by atoms with Crippen LogP contribution in [0.1, 0.15) is 37.0 Å². The highest BCUT2D eigenvalue weighted by Crippen LogP contribution is 2.62. The number of carbonyl (C=O) groups is 3. The average Bonchev–Trinajstić information content (AvgIpc) is 3.10. The zero-order chi connectivity index (χ0) is 21.6. The first-order valence-corrected chi connectivity index (χ1v) is 8.87. The molecule has 1 N–H and O–H groups in total. The minimum Gasteiger partial charge on any atom is -0.468 e. The lowest BCUT2D eigenvalue weighted by Gasteiger charge is -2.32. The van der Waals surface area contributed by atoms with E-state index in [1.54, 1.807) is 6.92 Å². The summed E-state index contributed by atoms with van der Waals surface area (Å²) in [5.41, 5.74) is -5.22. The molecule has 10 heteroatoms. The fourth-order valence-corrected chi connectivity index (χ4v) is 4.20. The van der Waals surface area contributed by atoms with Crippen LogP contribution in [0.3, 0.4) is 0 Å². The third kappa shape index (κ3) is 3.06. The Morgan fingerprint density at radius 3 is 2.38 bits per heavy atom. The first-order valence-electron chi connectivity index (χ1n) is 8.87. The number of benzene rings is 1. The van der Waals surface area contributed by atoms with Gasteiger partial charge in [0.25, 0.3) is 0 Å². The molecule has 158 valence electrons. The molecule has 7 nitrogen and oxygen atoms in total. The summed E-state index contributed by atoms with van der Waals surface area (Å²) in [7, 11) is 1.02. The molecule has 3 rings (SSSR count). The Morgan fingerprint density at radius 1 is 1.24 bits per heavy atom. The molecule has 1 saturated heterocycles. The molecule has 0 radical (unpaired) electrons.